The zero-order valence-electron chi connectivity index (χ0n) is 8.39. The molecule has 0 aromatic heterocycles. The molecule has 0 radical (unpaired) electrons. The summed E-state index contributed by atoms with van der Waals surface area (Å²) >= 11 is 0. The Morgan fingerprint density at radius 3 is 2.77 bits per heavy atom. The van der Waals surface area contributed by atoms with Gasteiger partial charge in [0.2, 0.25) is 0 Å². The van der Waals surface area contributed by atoms with Crippen molar-refractivity contribution in [1.82, 2.24) is 15.5 Å². The maximum atomic E-state index is 3.77. The molecule has 0 bridgehead atoms. The third kappa shape index (κ3) is 5.03. The molecule has 0 atom stereocenters. The molecule has 0 saturated carbocycles. The summed E-state index contributed by atoms with van der Waals surface area (Å²) in [6.45, 7) is 10.3. The molecular formula is C10H21N3. The lowest BCUT2D eigenvalue weighted by molar-refractivity contribution is 0.268. The molecule has 1 saturated heterocycles. The first-order chi connectivity index (χ1) is 6.43. The van der Waals surface area contributed by atoms with Crippen LogP contribution in [0.1, 0.15) is 12.8 Å². The molecule has 76 valence electrons. The third-order valence-corrected chi connectivity index (χ3v) is 2.26. The summed E-state index contributed by atoms with van der Waals surface area (Å²) in [5.74, 6) is 0. The minimum atomic E-state index is 0.993. The van der Waals surface area contributed by atoms with Crippen LogP contribution in [0.3, 0.4) is 0 Å². The van der Waals surface area contributed by atoms with Gasteiger partial charge in [-0.2, -0.15) is 0 Å². The van der Waals surface area contributed by atoms with E-state index in [2.05, 4.69) is 22.1 Å². The molecule has 13 heavy (non-hydrogen) atoms. The lowest BCUT2D eigenvalue weighted by atomic mass is 10.3. The predicted octanol–water partition coefficient (Wildman–Crippen LogP) is 0.405. The van der Waals surface area contributed by atoms with E-state index in [1.54, 1.807) is 0 Å². The van der Waals surface area contributed by atoms with E-state index in [1.807, 2.05) is 6.08 Å². The van der Waals surface area contributed by atoms with Crippen molar-refractivity contribution in [3.8, 4) is 0 Å². The normalized spacial score (nSPS) is 22.5. The fourth-order valence-corrected chi connectivity index (χ4v) is 1.55. The summed E-state index contributed by atoms with van der Waals surface area (Å²) in [6.07, 6.45) is 4.43. The summed E-state index contributed by atoms with van der Waals surface area (Å²) in [6, 6.07) is 0. The fraction of sp³-hybridized carbons (Fsp3) is 0.800. The van der Waals surface area contributed by atoms with Crippen molar-refractivity contribution in [2.24, 2.45) is 0 Å². The third-order valence-electron chi connectivity index (χ3n) is 2.26. The lowest BCUT2D eigenvalue weighted by Crippen LogP contribution is -2.38. The highest BCUT2D eigenvalue weighted by atomic mass is 15.2. The number of nitrogens with zero attached hydrogens (tertiary/aromatic N) is 1. The van der Waals surface area contributed by atoms with Crippen LogP contribution in [0, 0.1) is 0 Å². The lowest BCUT2D eigenvalue weighted by Gasteiger charge is -2.22. The Balaban J connectivity index is 2.21. The monoisotopic (exact) mass is 183 g/mol. The molecule has 1 aliphatic heterocycles. The molecule has 0 aliphatic carbocycles. The molecule has 1 heterocycles. The van der Waals surface area contributed by atoms with Crippen LogP contribution in [0.2, 0.25) is 0 Å². The number of nitrogens with one attached hydrogen (secondary N) is 2. The van der Waals surface area contributed by atoms with Gasteiger partial charge in [-0.15, -0.1) is 6.58 Å². The van der Waals surface area contributed by atoms with Crippen molar-refractivity contribution in [3.63, 3.8) is 0 Å². The standard InChI is InChI=1S/C10H21N3/c1-2-8-13-9-4-7-11-5-3-6-12-10-13/h2,11-12H,1,3-10H2. The van der Waals surface area contributed by atoms with Gasteiger partial charge >= 0.3 is 0 Å². The van der Waals surface area contributed by atoms with Crippen LogP contribution >= 0.6 is 0 Å². The van der Waals surface area contributed by atoms with Crippen molar-refractivity contribution in [2.75, 3.05) is 39.4 Å². The Morgan fingerprint density at radius 1 is 1.15 bits per heavy atom. The van der Waals surface area contributed by atoms with E-state index in [4.69, 9.17) is 0 Å². The van der Waals surface area contributed by atoms with E-state index in [9.17, 15) is 0 Å². The van der Waals surface area contributed by atoms with Gasteiger partial charge in [0.25, 0.3) is 0 Å². The Labute approximate surface area is 81.2 Å². The Kier molecular flexibility index (Phi) is 5.81. The van der Waals surface area contributed by atoms with Crippen LogP contribution in [0.25, 0.3) is 0 Å². The smallest absolute Gasteiger partial charge is 0.0483 e. The van der Waals surface area contributed by atoms with E-state index < -0.39 is 0 Å². The van der Waals surface area contributed by atoms with Crippen LogP contribution in [0.4, 0.5) is 0 Å². The first-order valence-corrected chi connectivity index (χ1v) is 5.18. The topological polar surface area (TPSA) is 27.3 Å². The molecule has 2 N–H and O–H groups in total. The van der Waals surface area contributed by atoms with Crippen molar-refractivity contribution < 1.29 is 0 Å². The summed E-state index contributed by atoms with van der Waals surface area (Å²) in [5.41, 5.74) is 0. The van der Waals surface area contributed by atoms with Crippen molar-refractivity contribution >= 4 is 0 Å². The van der Waals surface area contributed by atoms with E-state index in [0.29, 0.717) is 0 Å². The number of hydrogen-bond donors (Lipinski definition) is 2. The molecule has 0 unspecified atom stereocenters. The van der Waals surface area contributed by atoms with Gasteiger partial charge in [0.05, 0.1) is 0 Å². The quantitative estimate of drug-likeness (QED) is 0.607. The summed E-state index contributed by atoms with van der Waals surface area (Å²) < 4.78 is 0. The van der Waals surface area contributed by atoms with Crippen molar-refractivity contribution in [2.45, 2.75) is 12.8 Å². The van der Waals surface area contributed by atoms with Gasteiger partial charge in [0, 0.05) is 19.8 Å². The molecule has 0 spiro atoms. The average Bonchev–Trinajstić information content (AvgIpc) is 2.16. The first-order valence-electron chi connectivity index (χ1n) is 5.18. The molecule has 1 fully saturated rings. The highest BCUT2D eigenvalue weighted by molar-refractivity contribution is 4.73. The SMILES string of the molecule is C=CCN1CCCNCCCNC1. The van der Waals surface area contributed by atoms with Gasteiger partial charge in [0.1, 0.15) is 0 Å². The molecule has 0 amide bonds. The zero-order valence-corrected chi connectivity index (χ0v) is 8.39. The molecule has 0 aromatic carbocycles. The van der Waals surface area contributed by atoms with E-state index >= 15 is 0 Å². The predicted molar refractivity (Wildman–Crippen MR) is 56.7 cm³/mol. The summed E-state index contributed by atoms with van der Waals surface area (Å²) in [4.78, 5) is 2.39. The van der Waals surface area contributed by atoms with Gasteiger partial charge in [-0.3, -0.25) is 4.90 Å². The van der Waals surface area contributed by atoms with Crippen molar-refractivity contribution in [3.05, 3.63) is 12.7 Å². The maximum absolute atomic E-state index is 3.77. The Bertz CT molecular complexity index is 126. The van der Waals surface area contributed by atoms with E-state index in [1.165, 1.54) is 12.8 Å². The van der Waals surface area contributed by atoms with Gasteiger partial charge in [-0.05, 0) is 32.5 Å². The molecule has 1 rings (SSSR count). The first kappa shape index (κ1) is 10.7. The Morgan fingerprint density at radius 2 is 1.92 bits per heavy atom. The van der Waals surface area contributed by atoms with Crippen LogP contribution in [-0.2, 0) is 0 Å². The summed E-state index contributed by atoms with van der Waals surface area (Å²) in [5, 5.41) is 6.85. The molecule has 3 heteroatoms. The van der Waals surface area contributed by atoms with Crippen LogP contribution in [0.5, 0.6) is 0 Å². The van der Waals surface area contributed by atoms with Crippen LogP contribution in [0.15, 0.2) is 12.7 Å². The second-order valence-corrected chi connectivity index (χ2v) is 3.48. The zero-order chi connectivity index (χ0) is 9.36. The number of rotatable bonds is 2. The van der Waals surface area contributed by atoms with Gasteiger partial charge < -0.3 is 10.6 Å². The van der Waals surface area contributed by atoms with Crippen LogP contribution in [-0.4, -0.2) is 44.3 Å². The second-order valence-electron chi connectivity index (χ2n) is 3.48. The number of hydrogen-bond acceptors (Lipinski definition) is 3. The highest BCUT2D eigenvalue weighted by Crippen LogP contribution is 1.91. The molecule has 3 nitrogen and oxygen atoms in total. The van der Waals surface area contributed by atoms with Gasteiger partial charge in [-0.1, -0.05) is 6.08 Å². The Hall–Kier alpha value is -0.380. The van der Waals surface area contributed by atoms with E-state index in [-0.39, 0.29) is 0 Å². The van der Waals surface area contributed by atoms with Crippen molar-refractivity contribution in [1.29, 1.82) is 0 Å². The fourth-order valence-electron chi connectivity index (χ4n) is 1.55. The van der Waals surface area contributed by atoms with Gasteiger partial charge in [0.15, 0.2) is 0 Å². The molecule has 1 aliphatic rings. The molecule has 0 aromatic rings. The second kappa shape index (κ2) is 7.06. The van der Waals surface area contributed by atoms with Crippen LogP contribution < -0.4 is 10.6 Å². The minimum absolute atomic E-state index is 0.993. The average molecular weight is 183 g/mol. The largest absolute Gasteiger partial charge is 0.317 e. The molecular weight excluding hydrogens is 162 g/mol. The summed E-state index contributed by atoms with van der Waals surface area (Å²) in [7, 11) is 0. The van der Waals surface area contributed by atoms with E-state index in [0.717, 1.165) is 39.4 Å². The highest BCUT2D eigenvalue weighted by Gasteiger charge is 2.02. The minimum Gasteiger partial charge on any atom is -0.317 e. The van der Waals surface area contributed by atoms with Gasteiger partial charge in [-0.25, -0.2) is 0 Å². The maximum Gasteiger partial charge on any atom is 0.0483 e.